The van der Waals surface area contributed by atoms with Gasteiger partial charge in [-0.15, -0.1) is 0 Å². The molecular formula is C15H17N3OS. The number of aromatic nitrogens is 1. The SMILES string of the molecule is CCCNCc1ccc(Sc2nc(C)co2)c(C#N)c1. The summed E-state index contributed by atoms with van der Waals surface area (Å²) in [6.45, 7) is 5.77. The van der Waals surface area contributed by atoms with E-state index in [0.29, 0.717) is 10.8 Å². The van der Waals surface area contributed by atoms with Crippen LogP contribution in [-0.4, -0.2) is 11.5 Å². The third kappa shape index (κ3) is 3.86. The van der Waals surface area contributed by atoms with Crippen LogP contribution >= 0.6 is 11.8 Å². The molecule has 0 saturated carbocycles. The van der Waals surface area contributed by atoms with Crippen molar-refractivity contribution in [3.63, 3.8) is 0 Å². The number of hydrogen-bond donors (Lipinski definition) is 1. The molecule has 104 valence electrons. The molecule has 0 aliphatic heterocycles. The lowest BCUT2D eigenvalue weighted by atomic mass is 10.1. The monoisotopic (exact) mass is 287 g/mol. The van der Waals surface area contributed by atoms with Crippen molar-refractivity contribution >= 4 is 11.8 Å². The molecule has 0 aliphatic rings. The third-order valence-electron chi connectivity index (χ3n) is 2.72. The fraction of sp³-hybridized carbons (Fsp3) is 0.333. The summed E-state index contributed by atoms with van der Waals surface area (Å²) in [5, 5.41) is 13.2. The molecule has 0 unspecified atom stereocenters. The second kappa shape index (κ2) is 7.13. The zero-order chi connectivity index (χ0) is 14.4. The number of benzene rings is 1. The largest absolute Gasteiger partial charge is 0.439 e. The van der Waals surface area contributed by atoms with Gasteiger partial charge in [0, 0.05) is 11.4 Å². The van der Waals surface area contributed by atoms with E-state index in [1.165, 1.54) is 11.8 Å². The van der Waals surface area contributed by atoms with E-state index in [0.717, 1.165) is 35.7 Å². The summed E-state index contributed by atoms with van der Waals surface area (Å²) in [6.07, 6.45) is 2.71. The molecule has 20 heavy (non-hydrogen) atoms. The van der Waals surface area contributed by atoms with E-state index in [4.69, 9.17) is 4.42 Å². The van der Waals surface area contributed by atoms with E-state index in [1.807, 2.05) is 25.1 Å². The Morgan fingerprint density at radius 3 is 2.95 bits per heavy atom. The molecule has 0 amide bonds. The maximum absolute atomic E-state index is 9.26. The highest BCUT2D eigenvalue weighted by Crippen LogP contribution is 2.30. The second-order valence-electron chi connectivity index (χ2n) is 4.48. The number of hydrogen-bond acceptors (Lipinski definition) is 5. The normalized spacial score (nSPS) is 10.4. The van der Waals surface area contributed by atoms with E-state index < -0.39 is 0 Å². The molecule has 5 heteroatoms. The number of aryl methyl sites for hydroxylation is 1. The van der Waals surface area contributed by atoms with Gasteiger partial charge in [0.25, 0.3) is 5.22 Å². The molecule has 0 spiro atoms. The summed E-state index contributed by atoms with van der Waals surface area (Å²) >= 11 is 1.38. The van der Waals surface area contributed by atoms with Crippen molar-refractivity contribution < 1.29 is 4.42 Å². The van der Waals surface area contributed by atoms with Crippen LogP contribution in [-0.2, 0) is 6.54 Å². The minimum absolute atomic E-state index is 0.566. The average molecular weight is 287 g/mol. The highest BCUT2D eigenvalue weighted by molar-refractivity contribution is 7.99. The fourth-order valence-electron chi connectivity index (χ4n) is 1.75. The van der Waals surface area contributed by atoms with Crippen LogP contribution in [0.5, 0.6) is 0 Å². The van der Waals surface area contributed by atoms with Gasteiger partial charge in [0.15, 0.2) is 0 Å². The van der Waals surface area contributed by atoms with Crippen LogP contribution < -0.4 is 5.32 Å². The van der Waals surface area contributed by atoms with Gasteiger partial charge in [-0.3, -0.25) is 0 Å². The Kier molecular flexibility index (Phi) is 5.22. The maximum Gasteiger partial charge on any atom is 0.260 e. The van der Waals surface area contributed by atoms with Crippen LogP contribution in [0.25, 0.3) is 0 Å². The zero-order valence-electron chi connectivity index (χ0n) is 11.6. The third-order valence-corrected chi connectivity index (χ3v) is 3.65. The van der Waals surface area contributed by atoms with Gasteiger partial charge >= 0.3 is 0 Å². The maximum atomic E-state index is 9.26. The second-order valence-corrected chi connectivity index (χ2v) is 5.47. The van der Waals surface area contributed by atoms with Crippen molar-refractivity contribution in [1.82, 2.24) is 10.3 Å². The van der Waals surface area contributed by atoms with Crippen molar-refractivity contribution in [3.8, 4) is 6.07 Å². The molecule has 0 atom stereocenters. The summed E-state index contributed by atoms with van der Waals surface area (Å²) in [5.74, 6) is 0. The molecule has 1 aromatic heterocycles. The first-order valence-corrected chi connectivity index (χ1v) is 7.38. The van der Waals surface area contributed by atoms with Gasteiger partial charge < -0.3 is 9.73 Å². The highest BCUT2D eigenvalue weighted by atomic mass is 32.2. The van der Waals surface area contributed by atoms with Crippen LogP contribution in [0.1, 0.15) is 30.2 Å². The first-order chi connectivity index (χ1) is 9.72. The minimum Gasteiger partial charge on any atom is -0.439 e. The molecule has 0 radical (unpaired) electrons. The van der Waals surface area contributed by atoms with Gasteiger partial charge in [0.1, 0.15) is 12.3 Å². The standard InChI is InChI=1S/C15H17N3OS/c1-3-6-17-9-12-4-5-14(13(7-12)8-16)20-15-18-11(2)10-19-15/h4-5,7,10,17H,3,6,9H2,1-2H3. The number of nitrogens with one attached hydrogen (secondary N) is 1. The molecule has 2 rings (SSSR count). The average Bonchev–Trinajstić information content (AvgIpc) is 2.86. The summed E-state index contributed by atoms with van der Waals surface area (Å²) in [7, 11) is 0. The molecule has 1 heterocycles. The summed E-state index contributed by atoms with van der Waals surface area (Å²) in [6, 6.07) is 8.13. The van der Waals surface area contributed by atoms with Crippen LogP contribution in [0.2, 0.25) is 0 Å². The Bertz CT molecular complexity index is 616. The van der Waals surface area contributed by atoms with E-state index in [-0.39, 0.29) is 0 Å². The van der Waals surface area contributed by atoms with Crippen LogP contribution in [0.3, 0.4) is 0 Å². The van der Waals surface area contributed by atoms with E-state index in [9.17, 15) is 5.26 Å². The Morgan fingerprint density at radius 1 is 1.45 bits per heavy atom. The Balaban J connectivity index is 2.11. The summed E-state index contributed by atoms with van der Waals surface area (Å²) in [5.41, 5.74) is 2.61. The Morgan fingerprint density at radius 2 is 2.30 bits per heavy atom. The molecule has 1 N–H and O–H groups in total. The van der Waals surface area contributed by atoms with Gasteiger partial charge in [-0.2, -0.15) is 5.26 Å². The van der Waals surface area contributed by atoms with Crippen LogP contribution in [0.4, 0.5) is 0 Å². The number of rotatable bonds is 6. The van der Waals surface area contributed by atoms with Crippen molar-refractivity contribution in [2.24, 2.45) is 0 Å². The van der Waals surface area contributed by atoms with Crippen molar-refractivity contribution in [2.45, 2.75) is 36.9 Å². The lowest BCUT2D eigenvalue weighted by molar-refractivity contribution is 0.454. The van der Waals surface area contributed by atoms with E-state index in [1.54, 1.807) is 6.26 Å². The lowest BCUT2D eigenvalue weighted by Crippen LogP contribution is -2.13. The molecule has 0 bridgehead atoms. The Labute approximate surface area is 123 Å². The van der Waals surface area contributed by atoms with Crippen molar-refractivity contribution in [1.29, 1.82) is 5.26 Å². The lowest BCUT2D eigenvalue weighted by Gasteiger charge is -2.06. The highest BCUT2D eigenvalue weighted by Gasteiger charge is 2.09. The van der Waals surface area contributed by atoms with E-state index >= 15 is 0 Å². The predicted octanol–water partition coefficient (Wildman–Crippen LogP) is 3.51. The van der Waals surface area contributed by atoms with E-state index in [2.05, 4.69) is 23.3 Å². The molecule has 4 nitrogen and oxygen atoms in total. The molecule has 0 fully saturated rings. The molecular weight excluding hydrogens is 270 g/mol. The van der Waals surface area contributed by atoms with Gasteiger partial charge in [0.05, 0.1) is 11.3 Å². The quantitative estimate of drug-likeness (QED) is 0.824. The summed E-state index contributed by atoms with van der Waals surface area (Å²) < 4.78 is 5.31. The number of oxazole rings is 1. The fourth-order valence-corrected chi connectivity index (χ4v) is 2.57. The van der Waals surface area contributed by atoms with Crippen molar-refractivity contribution in [2.75, 3.05) is 6.54 Å². The molecule has 1 aromatic carbocycles. The number of nitrogens with zero attached hydrogens (tertiary/aromatic N) is 2. The van der Waals surface area contributed by atoms with Gasteiger partial charge in [0.2, 0.25) is 0 Å². The van der Waals surface area contributed by atoms with Crippen LogP contribution in [0.15, 0.2) is 39.0 Å². The van der Waals surface area contributed by atoms with Gasteiger partial charge in [-0.05, 0) is 49.3 Å². The first kappa shape index (κ1) is 14.6. The zero-order valence-corrected chi connectivity index (χ0v) is 12.5. The first-order valence-electron chi connectivity index (χ1n) is 6.56. The van der Waals surface area contributed by atoms with Gasteiger partial charge in [-0.25, -0.2) is 4.98 Å². The Hall–Kier alpha value is -1.77. The molecule has 2 aromatic rings. The topological polar surface area (TPSA) is 61.9 Å². The molecule has 0 aliphatic carbocycles. The summed E-state index contributed by atoms with van der Waals surface area (Å²) in [4.78, 5) is 5.11. The predicted molar refractivity (Wildman–Crippen MR) is 78.5 cm³/mol. The minimum atomic E-state index is 0.566. The van der Waals surface area contributed by atoms with Crippen LogP contribution in [0, 0.1) is 18.3 Å². The number of nitriles is 1. The smallest absolute Gasteiger partial charge is 0.260 e. The van der Waals surface area contributed by atoms with Crippen molar-refractivity contribution in [3.05, 3.63) is 41.3 Å². The molecule has 0 saturated heterocycles. The van der Waals surface area contributed by atoms with Gasteiger partial charge in [-0.1, -0.05) is 13.0 Å².